The van der Waals surface area contributed by atoms with Gasteiger partial charge in [-0.1, -0.05) is 6.07 Å². The molecule has 10 nitrogen and oxygen atoms in total. The maximum absolute atomic E-state index is 14.3. The molecule has 4 rings (SSSR count). The van der Waals surface area contributed by atoms with E-state index in [1.807, 2.05) is 25.7 Å². The van der Waals surface area contributed by atoms with E-state index in [0.717, 1.165) is 24.6 Å². The SMILES string of the molecule is Cc1ccc(Nc2ncnc(OC3CC4CCC(C3)N4C(=O)OC(C)C)c2C=N)c(F)c1.O=S=O. The van der Waals surface area contributed by atoms with Crippen molar-refractivity contribution in [3.05, 3.63) is 41.5 Å². The lowest BCUT2D eigenvalue weighted by Crippen LogP contribution is -2.50. The average Bonchev–Trinajstić information content (AvgIpc) is 3.07. The summed E-state index contributed by atoms with van der Waals surface area (Å²) in [6.45, 7) is 5.50. The fraction of sp³-hybridized carbons (Fsp3) is 0.478. The van der Waals surface area contributed by atoms with E-state index in [2.05, 4.69) is 15.3 Å². The number of aryl methyl sites for hydroxylation is 1. The Balaban J connectivity index is 0.00000108. The second-order valence-electron chi connectivity index (χ2n) is 8.70. The molecule has 3 heterocycles. The molecular weight excluding hydrogens is 477 g/mol. The smallest absolute Gasteiger partial charge is 0.410 e. The number of rotatable bonds is 6. The van der Waals surface area contributed by atoms with Crippen molar-refractivity contribution in [3.63, 3.8) is 0 Å². The zero-order valence-corrected chi connectivity index (χ0v) is 20.5. The number of aromatic nitrogens is 2. The number of benzene rings is 1. The number of carbonyl (C=O) groups is 1. The molecule has 1 amide bonds. The Morgan fingerprint density at radius 1 is 1.26 bits per heavy atom. The molecule has 0 saturated carbocycles. The Hall–Kier alpha value is -3.41. The molecule has 2 aliphatic heterocycles. The lowest BCUT2D eigenvalue weighted by atomic mass is 10.0. The van der Waals surface area contributed by atoms with E-state index in [1.165, 1.54) is 12.4 Å². The molecule has 2 atom stereocenters. The first-order chi connectivity index (χ1) is 16.8. The van der Waals surface area contributed by atoms with Crippen LogP contribution in [0.5, 0.6) is 5.88 Å². The summed E-state index contributed by atoms with van der Waals surface area (Å²) in [5, 5.41) is 10.8. The van der Waals surface area contributed by atoms with Crippen LogP contribution in [0.3, 0.4) is 0 Å². The van der Waals surface area contributed by atoms with Gasteiger partial charge < -0.3 is 25.1 Å². The molecule has 1 aromatic carbocycles. The van der Waals surface area contributed by atoms with Crippen molar-refractivity contribution in [2.24, 2.45) is 0 Å². The van der Waals surface area contributed by atoms with Crippen LogP contribution in [0, 0.1) is 18.2 Å². The van der Waals surface area contributed by atoms with Gasteiger partial charge in [0.1, 0.15) is 24.1 Å². The standard InChI is InChI=1S/C23H28FN5O3.O2S/c1-13(2)31-23(30)29-15-5-6-16(29)10-17(9-15)32-22-18(11-25)21(26-12-27-22)28-20-7-4-14(3)8-19(20)24;1-3-2/h4,7-8,11-13,15-17,25H,5-6,9-10H2,1-3H3,(H,26,27,28);. The van der Waals surface area contributed by atoms with Gasteiger partial charge in [0.15, 0.2) is 0 Å². The van der Waals surface area contributed by atoms with E-state index in [-0.39, 0.29) is 42.0 Å². The summed E-state index contributed by atoms with van der Waals surface area (Å²) in [6.07, 6.45) is 5.04. The van der Waals surface area contributed by atoms with Gasteiger partial charge >= 0.3 is 17.7 Å². The Morgan fingerprint density at radius 2 is 1.91 bits per heavy atom. The van der Waals surface area contributed by atoms with Crippen LogP contribution >= 0.6 is 0 Å². The fourth-order valence-corrected chi connectivity index (χ4v) is 4.49. The van der Waals surface area contributed by atoms with Gasteiger partial charge in [0, 0.05) is 31.1 Å². The van der Waals surface area contributed by atoms with Crippen molar-refractivity contribution in [3.8, 4) is 5.88 Å². The Bertz CT molecular complexity index is 1100. The van der Waals surface area contributed by atoms with Crippen LogP contribution in [0.15, 0.2) is 24.5 Å². The highest BCUT2D eigenvalue weighted by atomic mass is 32.1. The van der Waals surface area contributed by atoms with E-state index in [9.17, 15) is 9.18 Å². The summed E-state index contributed by atoms with van der Waals surface area (Å²) in [7, 11) is 0. The zero-order valence-electron chi connectivity index (χ0n) is 19.7. The highest BCUT2D eigenvalue weighted by molar-refractivity contribution is 7.51. The molecule has 0 radical (unpaired) electrons. The van der Waals surface area contributed by atoms with Crippen molar-refractivity contribution in [1.29, 1.82) is 5.41 Å². The van der Waals surface area contributed by atoms with Crippen LogP contribution in [0.25, 0.3) is 0 Å². The van der Waals surface area contributed by atoms with E-state index in [4.69, 9.17) is 23.3 Å². The fourth-order valence-electron chi connectivity index (χ4n) is 4.49. The van der Waals surface area contributed by atoms with Gasteiger partial charge in [-0.25, -0.2) is 19.2 Å². The van der Waals surface area contributed by atoms with Gasteiger partial charge in [0.2, 0.25) is 5.88 Å². The topological polar surface area (TPSA) is 135 Å². The average molecular weight is 506 g/mol. The van der Waals surface area contributed by atoms with Crippen LogP contribution < -0.4 is 10.1 Å². The number of hydrogen-bond acceptors (Lipinski definition) is 9. The number of halogens is 1. The molecule has 2 aliphatic rings. The van der Waals surface area contributed by atoms with Crippen LogP contribution in [-0.4, -0.2) is 59.9 Å². The highest BCUT2D eigenvalue weighted by Crippen LogP contribution is 2.38. The first-order valence-corrected chi connectivity index (χ1v) is 11.9. The molecule has 2 saturated heterocycles. The van der Waals surface area contributed by atoms with Crippen molar-refractivity contribution in [2.45, 2.75) is 70.7 Å². The van der Waals surface area contributed by atoms with Crippen molar-refractivity contribution in [1.82, 2.24) is 14.9 Å². The molecule has 0 spiro atoms. The maximum Gasteiger partial charge on any atom is 0.410 e. The van der Waals surface area contributed by atoms with Crippen LogP contribution in [0.1, 0.15) is 50.7 Å². The lowest BCUT2D eigenvalue weighted by Gasteiger charge is -2.38. The molecule has 1 aromatic heterocycles. The van der Waals surface area contributed by atoms with Crippen molar-refractivity contribution < 1.29 is 27.1 Å². The maximum atomic E-state index is 14.3. The van der Waals surface area contributed by atoms with E-state index in [0.29, 0.717) is 24.2 Å². The number of fused-ring (bicyclic) bond motifs is 2. The summed E-state index contributed by atoms with van der Waals surface area (Å²) in [6, 6.07) is 4.98. The first kappa shape index (κ1) is 26.2. The van der Waals surface area contributed by atoms with Gasteiger partial charge in [-0.2, -0.15) is 8.42 Å². The summed E-state index contributed by atoms with van der Waals surface area (Å²) in [5.74, 6) is 0.167. The Labute approximate surface area is 206 Å². The monoisotopic (exact) mass is 505 g/mol. The molecule has 35 heavy (non-hydrogen) atoms. The number of nitrogens with one attached hydrogen (secondary N) is 2. The van der Waals surface area contributed by atoms with E-state index < -0.39 is 17.4 Å². The summed E-state index contributed by atoms with van der Waals surface area (Å²) in [5.41, 5.74) is 1.42. The summed E-state index contributed by atoms with van der Waals surface area (Å²) < 4.78 is 42.5. The van der Waals surface area contributed by atoms with Gasteiger partial charge in [0.25, 0.3) is 0 Å². The van der Waals surface area contributed by atoms with E-state index in [1.54, 1.807) is 12.1 Å². The molecule has 12 heteroatoms. The minimum atomic E-state index is -0.750. The summed E-state index contributed by atoms with van der Waals surface area (Å²) >= 11 is -0.750. The molecule has 0 aliphatic carbocycles. The molecule has 2 fully saturated rings. The molecule has 2 N–H and O–H groups in total. The predicted molar refractivity (Wildman–Crippen MR) is 127 cm³/mol. The number of piperidine rings is 1. The number of ether oxygens (including phenoxy) is 2. The van der Waals surface area contributed by atoms with Gasteiger partial charge in [0.05, 0.1) is 17.4 Å². The second kappa shape index (κ2) is 11.8. The number of hydrogen-bond donors (Lipinski definition) is 2. The highest BCUT2D eigenvalue weighted by Gasteiger charge is 2.45. The van der Waals surface area contributed by atoms with Crippen LogP contribution in [-0.2, 0) is 16.3 Å². The largest absolute Gasteiger partial charge is 0.474 e. The normalized spacial score (nSPS) is 20.5. The third-order valence-corrected chi connectivity index (χ3v) is 5.88. The lowest BCUT2D eigenvalue weighted by molar-refractivity contribution is 0.0208. The molecule has 2 bridgehead atoms. The minimum Gasteiger partial charge on any atom is -0.474 e. The van der Waals surface area contributed by atoms with Crippen molar-refractivity contribution in [2.75, 3.05) is 5.32 Å². The molecule has 2 unspecified atom stereocenters. The second-order valence-corrected chi connectivity index (χ2v) is 8.83. The first-order valence-electron chi connectivity index (χ1n) is 11.2. The quantitative estimate of drug-likeness (QED) is 0.564. The minimum absolute atomic E-state index is 0.0644. The number of amides is 1. The Kier molecular flexibility index (Phi) is 8.85. The third-order valence-electron chi connectivity index (χ3n) is 5.88. The number of anilines is 2. The van der Waals surface area contributed by atoms with Gasteiger partial charge in [-0.05, 0) is 51.3 Å². The zero-order chi connectivity index (χ0) is 25.5. The van der Waals surface area contributed by atoms with Crippen molar-refractivity contribution >= 4 is 35.4 Å². The number of carbonyl (C=O) groups excluding carboxylic acids is 1. The predicted octanol–water partition coefficient (Wildman–Crippen LogP) is 3.91. The molecule has 188 valence electrons. The Morgan fingerprint density at radius 3 is 2.49 bits per heavy atom. The van der Waals surface area contributed by atoms with Gasteiger partial charge in [-0.15, -0.1) is 0 Å². The van der Waals surface area contributed by atoms with Crippen LogP contribution in [0.4, 0.5) is 20.7 Å². The van der Waals surface area contributed by atoms with Gasteiger partial charge in [-0.3, -0.25) is 0 Å². The van der Waals surface area contributed by atoms with E-state index >= 15 is 0 Å². The van der Waals surface area contributed by atoms with Crippen LogP contribution in [0.2, 0.25) is 0 Å². The number of nitrogens with zero attached hydrogens (tertiary/aromatic N) is 3. The summed E-state index contributed by atoms with van der Waals surface area (Å²) in [4.78, 5) is 22.7. The molecule has 2 aromatic rings. The molecular formula is C23H28FN5O5S. The third kappa shape index (κ3) is 6.38.